The van der Waals surface area contributed by atoms with Crippen LogP contribution in [0.3, 0.4) is 0 Å². The largest absolute Gasteiger partial charge is 0.338 e. The van der Waals surface area contributed by atoms with Crippen LogP contribution in [0.5, 0.6) is 0 Å². The maximum Gasteiger partial charge on any atom is 0.314 e. The highest BCUT2D eigenvalue weighted by Gasteiger charge is 2.08. The second-order valence-electron chi connectivity index (χ2n) is 3.04. The van der Waals surface area contributed by atoms with Gasteiger partial charge < -0.3 is 10.6 Å². The fourth-order valence-corrected chi connectivity index (χ4v) is 0.585. The molecule has 2 amide bonds. The summed E-state index contributed by atoms with van der Waals surface area (Å²) >= 11 is 0. The zero-order valence-corrected chi connectivity index (χ0v) is 7.77. The molecule has 0 spiro atoms. The van der Waals surface area contributed by atoms with Crippen molar-refractivity contribution < 1.29 is 4.79 Å². The van der Waals surface area contributed by atoms with Crippen molar-refractivity contribution in [2.75, 3.05) is 6.54 Å². The standard InChI is InChI=1S/C8H18N2O/c1-5-9-8(11)10-7(4)6(2)3/h6-7H,5H2,1-4H3,(H2,9,10,11)/t7-/m1/s1. The zero-order chi connectivity index (χ0) is 8.85. The van der Waals surface area contributed by atoms with Crippen molar-refractivity contribution >= 4 is 6.03 Å². The molecule has 0 aliphatic carbocycles. The third-order valence-electron chi connectivity index (χ3n) is 1.70. The highest BCUT2D eigenvalue weighted by atomic mass is 16.2. The van der Waals surface area contributed by atoms with Gasteiger partial charge in [0.15, 0.2) is 0 Å². The first-order chi connectivity index (χ1) is 5.07. The van der Waals surface area contributed by atoms with E-state index in [1.165, 1.54) is 0 Å². The predicted octanol–water partition coefficient (Wildman–Crippen LogP) is 1.35. The topological polar surface area (TPSA) is 41.1 Å². The van der Waals surface area contributed by atoms with Crippen molar-refractivity contribution in [1.82, 2.24) is 10.6 Å². The van der Waals surface area contributed by atoms with Crippen LogP contribution >= 0.6 is 0 Å². The molecule has 2 N–H and O–H groups in total. The smallest absolute Gasteiger partial charge is 0.314 e. The molecule has 3 heteroatoms. The Kier molecular flexibility index (Phi) is 4.66. The average molecular weight is 158 g/mol. The van der Waals surface area contributed by atoms with Crippen LogP contribution in [0.25, 0.3) is 0 Å². The van der Waals surface area contributed by atoms with Crippen molar-refractivity contribution in [2.45, 2.75) is 33.7 Å². The lowest BCUT2D eigenvalue weighted by molar-refractivity contribution is 0.235. The summed E-state index contributed by atoms with van der Waals surface area (Å²) < 4.78 is 0. The summed E-state index contributed by atoms with van der Waals surface area (Å²) in [4.78, 5) is 10.9. The predicted molar refractivity (Wildman–Crippen MR) is 46.5 cm³/mol. The number of rotatable bonds is 3. The van der Waals surface area contributed by atoms with Gasteiger partial charge in [0.25, 0.3) is 0 Å². The first-order valence-corrected chi connectivity index (χ1v) is 4.12. The van der Waals surface area contributed by atoms with Crippen LogP contribution in [0, 0.1) is 5.92 Å². The molecular weight excluding hydrogens is 140 g/mol. The van der Waals surface area contributed by atoms with Gasteiger partial charge >= 0.3 is 6.03 Å². The lowest BCUT2D eigenvalue weighted by Crippen LogP contribution is -2.42. The lowest BCUT2D eigenvalue weighted by atomic mass is 10.1. The summed E-state index contributed by atoms with van der Waals surface area (Å²) in [6.07, 6.45) is 0. The summed E-state index contributed by atoms with van der Waals surface area (Å²) in [5.74, 6) is 0.484. The molecule has 0 bridgehead atoms. The van der Waals surface area contributed by atoms with Crippen LogP contribution in [-0.4, -0.2) is 18.6 Å². The van der Waals surface area contributed by atoms with Gasteiger partial charge in [-0.2, -0.15) is 0 Å². The number of nitrogens with one attached hydrogen (secondary N) is 2. The Morgan fingerprint density at radius 1 is 1.36 bits per heavy atom. The van der Waals surface area contributed by atoms with E-state index in [0.717, 1.165) is 0 Å². The van der Waals surface area contributed by atoms with Gasteiger partial charge in [0.05, 0.1) is 0 Å². The summed E-state index contributed by atoms with van der Waals surface area (Å²) in [6.45, 7) is 8.74. The van der Waals surface area contributed by atoms with Crippen LogP contribution in [-0.2, 0) is 0 Å². The van der Waals surface area contributed by atoms with E-state index in [2.05, 4.69) is 24.5 Å². The third-order valence-corrected chi connectivity index (χ3v) is 1.70. The summed E-state index contributed by atoms with van der Waals surface area (Å²) in [5.41, 5.74) is 0. The Hall–Kier alpha value is -0.730. The second-order valence-corrected chi connectivity index (χ2v) is 3.04. The fourth-order valence-electron chi connectivity index (χ4n) is 0.585. The van der Waals surface area contributed by atoms with Gasteiger partial charge in [-0.3, -0.25) is 0 Å². The van der Waals surface area contributed by atoms with Crippen molar-refractivity contribution in [3.63, 3.8) is 0 Å². The molecule has 0 aromatic carbocycles. The van der Waals surface area contributed by atoms with Gasteiger partial charge in [0.2, 0.25) is 0 Å². The first-order valence-electron chi connectivity index (χ1n) is 4.12. The van der Waals surface area contributed by atoms with Crippen LogP contribution < -0.4 is 10.6 Å². The molecule has 0 saturated carbocycles. The van der Waals surface area contributed by atoms with Crippen LogP contribution in [0.4, 0.5) is 4.79 Å². The van der Waals surface area contributed by atoms with Crippen molar-refractivity contribution in [3.05, 3.63) is 0 Å². The maximum atomic E-state index is 10.9. The number of hydrogen-bond donors (Lipinski definition) is 2. The Morgan fingerprint density at radius 3 is 2.27 bits per heavy atom. The molecule has 11 heavy (non-hydrogen) atoms. The molecule has 1 atom stereocenters. The highest BCUT2D eigenvalue weighted by Crippen LogP contribution is 1.98. The highest BCUT2D eigenvalue weighted by molar-refractivity contribution is 5.74. The molecule has 0 unspecified atom stereocenters. The Bertz CT molecular complexity index is 123. The summed E-state index contributed by atoms with van der Waals surface area (Å²) in [5, 5.41) is 5.51. The monoisotopic (exact) mass is 158 g/mol. The van der Waals surface area contributed by atoms with Gasteiger partial charge in [-0.1, -0.05) is 13.8 Å². The Morgan fingerprint density at radius 2 is 1.91 bits per heavy atom. The first kappa shape index (κ1) is 10.3. The lowest BCUT2D eigenvalue weighted by Gasteiger charge is -2.17. The van der Waals surface area contributed by atoms with Crippen LogP contribution in [0.15, 0.2) is 0 Å². The molecule has 66 valence electrons. The Labute approximate surface area is 68.6 Å². The Balaban J connectivity index is 3.57. The molecule has 0 aromatic rings. The number of hydrogen-bond acceptors (Lipinski definition) is 1. The maximum absolute atomic E-state index is 10.9. The van der Waals surface area contributed by atoms with Crippen LogP contribution in [0.1, 0.15) is 27.7 Å². The third kappa shape index (κ3) is 4.65. The van der Waals surface area contributed by atoms with E-state index >= 15 is 0 Å². The van der Waals surface area contributed by atoms with Gasteiger partial charge in [-0.15, -0.1) is 0 Å². The second kappa shape index (κ2) is 4.99. The van der Waals surface area contributed by atoms with E-state index in [1.54, 1.807) is 0 Å². The molecule has 0 aliphatic heterocycles. The minimum Gasteiger partial charge on any atom is -0.338 e. The quantitative estimate of drug-likeness (QED) is 0.639. The van der Waals surface area contributed by atoms with E-state index in [0.29, 0.717) is 12.5 Å². The molecule has 0 rings (SSSR count). The van der Waals surface area contributed by atoms with E-state index < -0.39 is 0 Å². The normalized spacial score (nSPS) is 12.8. The van der Waals surface area contributed by atoms with E-state index in [1.807, 2.05) is 13.8 Å². The van der Waals surface area contributed by atoms with Gasteiger partial charge in [-0.25, -0.2) is 4.79 Å². The van der Waals surface area contributed by atoms with Crippen LogP contribution in [0.2, 0.25) is 0 Å². The number of carbonyl (C=O) groups excluding carboxylic acids is 1. The van der Waals surface area contributed by atoms with Crippen molar-refractivity contribution in [1.29, 1.82) is 0 Å². The van der Waals surface area contributed by atoms with Crippen molar-refractivity contribution in [3.8, 4) is 0 Å². The van der Waals surface area contributed by atoms with Gasteiger partial charge in [0.1, 0.15) is 0 Å². The van der Waals surface area contributed by atoms with Crippen molar-refractivity contribution in [2.24, 2.45) is 5.92 Å². The molecule has 0 aliphatic rings. The van der Waals surface area contributed by atoms with E-state index in [-0.39, 0.29) is 12.1 Å². The van der Waals surface area contributed by atoms with Gasteiger partial charge in [-0.05, 0) is 19.8 Å². The summed E-state index contributed by atoms with van der Waals surface area (Å²) in [7, 11) is 0. The van der Waals surface area contributed by atoms with E-state index in [4.69, 9.17) is 0 Å². The molecule has 0 fully saturated rings. The molecular formula is C8H18N2O. The summed E-state index contributed by atoms with van der Waals surface area (Å²) in [6, 6.07) is 0.162. The molecule has 0 heterocycles. The number of urea groups is 1. The molecule has 0 aromatic heterocycles. The molecule has 0 saturated heterocycles. The minimum absolute atomic E-state index is 0.0753. The van der Waals surface area contributed by atoms with E-state index in [9.17, 15) is 4.79 Å². The minimum atomic E-state index is -0.0753. The fraction of sp³-hybridized carbons (Fsp3) is 0.875. The molecule has 3 nitrogen and oxygen atoms in total. The average Bonchev–Trinajstić information content (AvgIpc) is 1.87. The number of amides is 2. The zero-order valence-electron chi connectivity index (χ0n) is 7.77. The van der Waals surface area contributed by atoms with Gasteiger partial charge in [0, 0.05) is 12.6 Å². The molecule has 0 radical (unpaired) electrons. The number of carbonyl (C=O) groups is 1. The SMILES string of the molecule is CCNC(=O)N[C@H](C)C(C)C.